The van der Waals surface area contributed by atoms with E-state index in [0.29, 0.717) is 42.1 Å². The molecule has 2 aromatic rings. The predicted octanol–water partition coefficient (Wildman–Crippen LogP) is 3.18. The summed E-state index contributed by atoms with van der Waals surface area (Å²) in [5.41, 5.74) is 8.14. The second-order valence-corrected chi connectivity index (χ2v) is 9.55. The van der Waals surface area contributed by atoms with E-state index in [1.54, 1.807) is 24.4 Å². The van der Waals surface area contributed by atoms with Crippen molar-refractivity contribution in [3.05, 3.63) is 53.9 Å². The highest BCUT2D eigenvalue weighted by Crippen LogP contribution is 2.44. The lowest BCUT2D eigenvalue weighted by molar-refractivity contribution is 0.102. The number of rotatable bonds is 8. The molecule has 0 radical (unpaired) electrons. The van der Waals surface area contributed by atoms with Gasteiger partial charge in [-0.1, -0.05) is 24.6 Å². The highest BCUT2D eigenvalue weighted by molar-refractivity contribution is 6.04. The molecule has 0 spiro atoms. The van der Waals surface area contributed by atoms with Crippen LogP contribution in [0.3, 0.4) is 0 Å². The molecule has 0 saturated heterocycles. The van der Waals surface area contributed by atoms with Gasteiger partial charge in [0.25, 0.3) is 5.91 Å². The average Bonchev–Trinajstić information content (AvgIpc) is 3.41. The number of nitrogen functional groups attached to an aromatic ring is 1. The third-order valence-corrected chi connectivity index (χ3v) is 6.79. The SMILES string of the molecule is CN(C)CCN(Cc1ccc(C(=O)Nc2ccccc2N)nc1)C(=O)NC1CC2CCC1C2. The Morgan fingerprint density at radius 3 is 2.55 bits per heavy atom. The van der Waals surface area contributed by atoms with Gasteiger partial charge < -0.3 is 26.2 Å². The summed E-state index contributed by atoms with van der Waals surface area (Å²) in [6.45, 7) is 1.84. The third-order valence-electron chi connectivity index (χ3n) is 6.79. The number of nitrogens with one attached hydrogen (secondary N) is 2. The molecule has 2 aliphatic rings. The number of hydrogen-bond acceptors (Lipinski definition) is 5. The highest BCUT2D eigenvalue weighted by Gasteiger charge is 2.40. The first-order valence-electron chi connectivity index (χ1n) is 11.7. The Morgan fingerprint density at radius 1 is 1.09 bits per heavy atom. The molecule has 8 nitrogen and oxygen atoms in total. The summed E-state index contributed by atoms with van der Waals surface area (Å²) in [5, 5.41) is 6.07. The average molecular weight is 451 g/mol. The van der Waals surface area contributed by atoms with E-state index in [0.717, 1.165) is 24.4 Å². The fraction of sp³-hybridized carbons (Fsp3) is 0.480. The van der Waals surface area contributed by atoms with E-state index < -0.39 is 0 Å². The van der Waals surface area contributed by atoms with Crippen LogP contribution in [0.15, 0.2) is 42.6 Å². The smallest absolute Gasteiger partial charge is 0.317 e. The molecule has 3 unspecified atom stereocenters. The van der Waals surface area contributed by atoms with Crippen LogP contribution in [0.1, 0.15) is 41.7 Å². The number of carbonyl (C=O) groups excluding carboxylic acids is 2. The molecule has 176 valence electrons. The van der Waals surface area contributed by atoms with Gasteiger partial charge in [0, 0.05) is 31.9 Å². The summed E-state index contributed by atoms with van der Waals surface area (Å²) in [6.07, 6.45) is 6.57. The Hall–Kier alpha value is -3.13. The van der Waals surface area contributed by atoms with E-state index in [2.05, 4.69) is 20.5 Å². The van der Waals surface area contributed by atoms with E-state index in [4.69, 9.17) is 5.73 Å². The Balaban J connectivity index is 1.38. The maximum absolute atomic E-state index is 13.1. The second-order valence-electron chi connectivity index (χ2n) is 9.55. The molecule has 2 fully saturated rings. The zero-order chi connectivity index (χ0) is 23.4. The fourth-order valence-electron chi connectivity index (χ4n) is 4.91. The third kappa shape index (κ3) is 5.82. The topological polar surface area (TPSA) is 104 Å². The Labute approximate surface area is 195 Å². The molecule has 4 N–H and O–H groups in total. The van der Waals surface area contributed by atoms with Gasteiger partial charge in [0.1, 0.15) is 5.69 Å². The van der Waals surface area contributed by atoms with Crippen LogP contribution in [0.4, 0.5) is 16.2 Å². The van der Waals surface area contributed by atoms with Crippen molar-refractivity contribution in [2.75, 3.05) is 38.2 Å². The summed E-state index contributed by atoms with van der Waals surface area (Å²) in [7, 11) is 4.00. The minimum absolute atomic E-state index is 0.0178. The number of anilines is 2. The van der Waals surface area contributed by atoms with Crippen molar-refractivity contribution in [2.45, 2.75) is 38.3 Å². The molecular formula is C25H34N6O2. The van der Waals surface area contributed by atoms with Crippen LogP contribution in [0.5, 0.6) is 0 Å². The van der Waals surface area contributed by atoms with Crippen LogP contribution in [-0.2, 0) is 6.54 Å². The van der Waals surface area contributed by atoms with Crippen LogP contribution < -0.4 is 16.4 Å². The molecule has 2 aliphatic carbocycles. The number of aromatic nitrogens is 1. The quantitative estimate of drug-likeness (QED) is 0.536. The summed E-state index contributed by atoms with van der Waals surface area (Å²) < 4.78 is 0. The normalized spacial score (nSPS) is 21.2. The lowest BCUT2D eigenvalue weighted by Crippen LogP contribution is -2.48. The molecule has 2 bridgehead atoms. The van der Waals surface area contributed by atoms with Crippen molar-refractivity contribution >= 4 is 23.3 Å². The van der Waals surface area contributed by atoms with Gasteiger partial charge in [-0.3, -0.25) is 9.78 Å². The molecule has 1 heterocycles. The number of amides is 3. The van der Waals surface area contributed by atoms with E-state index in [1.807, 2.05) is 37.2 Å². The lowest BCUT2D eigenvalue weighted by atomic mass is 9.95. The van der Waals surface area contributed by atoms with Crippen molar-refractivity contribution in [2.24, 2.45) is 11.8 Å². The molecule has 4 rings (SSSR count). The first kappa shape index (κ1) is 23.0. The van der Waals surface area contributed by atoms with Crippen molar-refractivity contribution in [1.82, 2.24) is 20.1 Å². The number of likely N-dealkylation sites (N-methyl/N-ethyl adjacent to an activating group) is 1. The fourth-order valence-corrected chi connectivity index (χ4v) is 4.91. The van der Waals surface area contributed by atoms with Crippen LogP contribution >= 0.6 is 0 Å². The zero-order valence-corrected chi connectivity index (χ0v) is 19.5. The predicted molar refractivity (Wildman–Crippen MR) is 130 cm³/mol. The number of urea groups is 1. The van der Waals surface area contributed by atoms with Gasteiger partial charge in [-0.05, 0) is 69.0 Å². The first-order chi connectivity index (χ1) is 15.9. The standard InChI is InChI=1S/C25H34N6O2/c1-30(2)11-12-31(25(33)29-23-14-17-7-9-19(23)13-17)16-18-8-10-22(27-15-18)24(32)28-21-6-4-3-5-20(21)26/h3-6,8,10,15,17,19,23H,7,9,11-14,16,26H2,1-2H3,(H,28,32)(H,29,33). The van der Waals surface area contributed by atoms with Gasteiger partial charge >= 0.3 is 6.03 Å². The van der Waals surface area contributed by atoms with E-state index >= 15 is 0 Å². The van der Waals surface area contributed by atoms with Gasteiger partial charge in [0.15, 0.2) is 0 Å². The molecule has 0 aliphatic heterocycles. The van der Waals surface area contributed by atoms with Crippen LogP contribution in [0.25, 0.3) is 0 Å². The lowest BCUT2D eigenvalue weighted by Gasteiger charge is -2.29. The van der Waals surface area contributed by atoms with Crippen LogP contribution in [0.2, 0.25) is 0 Å². The summed E-state index contributed by atoms with van der Waals surface area (Å²) in [4.78, 5) is 33.9. The number of hydrogen-bond donors (Lipinski definition) is 3. The number of benzene rings is 1. The Kier molecular flexibility index (Phi) is 7.13. The minimum atomic E-state index is -0.321. The van der Waals surface area contributed by atoms with Crippen LogP contribution in [-0.4, -0.2) is 59.9 Å². The molecular weight excluding hydrogens is 416 g/mol. The van der Waals surface area contributed by atoms with Gasteiger partial charge in [-0.2, -0.15) is 0 Å². The highest BCUT2D eigenvalue weighted by atomic mass is 16.2. The molecule has 1 aromatic carbocycles. The summed E-state index contributed by atoms with van der Waals surface area (Å²) in [5.74, 6) is 1.09. The largest absolute Gasteiger partial charge is 0.397 e. The molecule has 33 heavy (non-hydrogen) atoms. The van der Waals surface area contributed by atoms with Crippen molar-refractivity contribution in [1.29, 1.82) is 0 Å². The van der Waals surface area contributed by atoms with Gasteiger partial charge in [0.05, 0.1) is 11.4 Å². The minimum Gasteiger partial charge on any atom is -0.397 e. The van der Waals surface area contributed by atoms with Gasteiger partial charge in [-0.25, -0.2) is 4.79 Å². The summed E-state index contributed by atoms with van der Waals surface area (Å²) in [6, 6.07) is 10.9. The molecule has 1 aromatic heterocycles. The van der Waals surface area contributed by atoms with Crippen LogP contribution in [0, 0.1) is 11.8 Å². The zero-order valence-electron chi connectivity index (χ0n) is 19.5. The van der Waals surface area contributed by atoms with Gasteiger partial charge in [-0.15, -0.1) is 0 Å². The number of para-hydroxylation sites is 2. The molecule has 3 atom stereocenters. The van der Waals surface area contributed by atoms with E-state index in [-0.39, 0.29) is 11.9 Å². The number of fused-ring (bicyclic) bond motifs is 2. The van der Waals surface area contributed by atoms with E-state index in [1.165, 1.54) is 19.3 Å². The molecule has 2 saturated carbocycles. The Morgan fingerprint density at radius 2 is 1.91 bits per heavy atom. The molecule has 3 amide bonds. The van der Waals surface area contributed by atoms with Gasteiger partial charge in [0.2, 0.25) is 0 Å². The number of nitrogens with zero attached hydrogens (tertiary/aromatic N) is 3. The maximum atomic E-state index is 13.1. The van der Waals surface area contributed by atoms with Crippen molar-refractivity contribution in [3.8, 4) is 0 Å². The maximum Gasteiger partial charge on any atom is 0.317 e. The second kappa shape index (κ2) is 10.2. The van der Waals surface area contributed by atoms with Crippen molar-refractivity contribution < 1.29 is 9.59 Å². The first-order valence-corrected chi connectivity index (χ1v) is 11.7. The van der Waals surface area contributed by atoms with Crippen molar-refractivity contribution in [3.63, 3.8) is 0 Å². The number of nitrogens with two attached hydrogens (primary N) is 1. The number of carbonyl (C=O) groups is 2. The summed E-state index contributed by atoms with van der Waals surface area (Å²) >= 11 is 0. The number of pyridine rings is 1. The van der Waals surface area contributed by atoms with E-state index in [9.17, 15) is 9.59 Å². The monoisotopic (exact) mass is 450 g/mol. The molecule has 8 heteroatoms. The Bertz CT molecular complexity index is 977.